The Morgan fingerprint density at radius 1 is 1.39 bits per heavy atom. The lowest BCUT2D eigenvalue weighted by Gasteiger charge is -2.20. The van der Waals surface area contributed by atoms with E-state index in [0.717, 1.165) is 12.0 Å². The Morgan fingerprint density at radius 3 is 2.50 bits per heavy atom. The smallest absolute Gasteiger partial charge is 0.183 e. The standard InChI is InChI=1S/C15H23NO2/c1-6-11-7-8-13(18-5)12(9-11)15(17)14(16-4)10(2)3/h7-10,14,16H,6H2,1-5H3. The van der Waals surface area contributed by atoms with E-state index in [4.69, 9.17) is 4.74 Å². The summed E-state index contributed by atoms with van der Waals surface area (Å²) in [6, 6.07) is 5.64. The van der Waals surface area contributed by atoms with Gasteiger partial charge in [-0.1, -0.05) is 26.8 Å². The minimum atomic E-state index is -0.175. The number of aryl methyl sites for hydroxylation is 1. The summed E-state index contributed by atoms with van der Waals surface area (Å²) in [6.07, 6.45) is 0.913. The van der Waals surface area contributed by atoms with Crippen LogP contribution in [0.1, 0.15) is 36.7 Å². The van der Waals surface area contributed by atoms with Gasteiger partial charge in [-0.25, -0.2) is 0 Å². The number of hydrogen-bond acceptors (Lipinski definition) is 3. The second-order valence-corrected chi connectivity index (χ2v) is 4.76. The molecule has 0 saturated heterocycles. The number of likely N-dealkylation sites (N-methyl/N-ethyl adjacent to an activating group) is 1. The molecule has 1 unspecified atom stereocenters. The predicted molar refractivity (Wildman–Crippen MR) is 74.4 cm³/mol. The molecule has 0 heterocycles. The molecule has 1 rings (SSSR count). The molecule has 0 aliphatic heterocycles. The number of benzene rings is 1. The molecule has 0 aliphatic rings. The first-order chi connectivity index (χ1) is 8.54. The summed E-state index contributed by atoms with van der Waals surface area (Å²) in [5.41, 5.74) is 1.82. The Balaban J connectivity index is 3.16. The lowest BCUT2D eigenvalue weighted by molar-refractivity contribution is 0.0919. The lowest BCUT2D eigenvalue weighted by atomic mass is 9.93. The molecule has 1 atom stereocenters. The van der Waals surface area contributed by atoms with Crippen molar-refractivity contribution < 1.29 is 9.53 Å². The number of carbonyl (C=O) groups excluding carboxylic acids is 1. The molecule has 18 heavy (non-hydrogen) atoms. The minimum absolute atomic E-state index is 0.0969. The molecule has 1 aromatic carbocycles. The molecule has 0 aliphatic carbocycles. The normalized spacial score (nSPS) is 12.6. The zero-order chi connectivity index (χ0) is 13.7. The van der Waals surface area contributed by atoms with Crippen molar-refractivity contribution in [2.75, 3.05) is 14.2 Å². The van der Waals surface area contributed by atoms with E-state index in [1.165, 1.54) is 0 Å². The Kier molecular flexibility index (Phi) is 5.35. The number of Topliss-reactive ketones (excluding diaryl/α,β-unsaturated/α-hetero) is 1. The zero-order valence-corrected chi connectivity index (χ0v) is 11.9. The molecule has 0 aromatic heterocycles. The molecule has 0 radical (unpaired) electrons. The number of rotatable bonds is 6. The quantitative estimate of drug-likeness (QED) is 0.788. The number of nitrogens with one attached hydrogen (secondary N) is 1. The van der Waals surface area contributed by atoms with E-state index in [2.05, 4.69) is 12.2 Å². The molecule has 0 amide bonds. The molecule has 0 saturated carbocycles. The van der Waals surface area contributed by atoms with Gasteiger partial charge in [-0.15, -0.1) is 0 Å². The Bertz CT molecular complexity index is 413. The van der Waals surface area contributed by atoms with Crippen molar-refractivity contribution in [2.45, 2.75) is 33.2 Å². The van der Waals surface area contributed by atoms with Gasteiger partial charge in [-0.05, 0) is 37.1 Å². The number of carbonyl (C=O) groups is 1. The summed E-state index contributed by atoms with van der Waals surface area (Å²) in [5.74, 6) is 0.996. The van der Waals surface area contributed by atoms with Crippen LogP contribution in [0.15, 0.2) is 18.2 Å². The molecule has 1 aromatic rings. The maximum atomic E-state index is 12.5. The number of ether oxygens (including phenoxy) is 1. The maximum absolute atomic E-state index is 12.5. The summed E-state index contributed by atoms with van der Waals surface area (Å²) in [6.45, 7) is 6.15. The van der Waals surface area contributed by atoms with Crippen LogP contribution in [0.2, 0.25) is 0 Å². The molecule has 0 spiro atoms. The van der Waals surface area contributed by atoms with Gasteiger partial charge in [0.2, 0.25) is 0 Å². The molecular weight excluding hydrogens is 226 g/mol. The number of hydrogen-bond donors (Lipinski definition) is 1. The van der Waals surface area contributed by atoms with Crippen LogP contribution in [0.3, 0.4) is 0 Å². The maximum Gasteiger partial charge on any atom is 0.183 e. The topological polar surface area (TPSA) is 38.3 Å². The highest BCUT2D eigenvalue weighted by molar-refractivity contribution is 6.02. The largest absolute Gasteiger partial charge is 0.496 e. The van der Waals surface area contributed by atoms with Gasteiger partial charge in [0.25, 0.3) is 0 Å². The first-order valence-corrected chi connectivity index (χ1v) is 6.43. The van der Waals surface area contributed by atoms with Crippen molar-refractivity contribution >= 4 is 5.78 Å². The van der Waals surface area contributed by atoms with Crippen molar-refractivity contribution in [2.24, 2.45) is 5.92 Å². The molecule has 3 nitrogen and oxygen atoms in total. The Hall–Kier alpha value is -1.35. The van der Waals surface area contributed by atoms with Gasteiger partial charge in [0.05, 0.1) is 18.7 Å². The predicted octanol–water partition coefficient (Wildman–Crippen LogP) is 2.68. The Labute approximate surface area is 110 Å². The molecule has 1 N–H and O–H groups in total. The van der Waals surface area contributed by atoms with Crippen LogP contribution in [0, 0.1) is 5.92 Å². The van der Waals surface area contributed by atoms with Gasteiger partial charge >= 0.3 is 0 Å². The van der Waals surface area contributed by atoms with Crippen molar-refractivity contribution in [1.82, 2.24) is 5.32 Å². The van der Waals surface area contributed by atoms with Gasteiger partial charge < -0.3 is 10.1 Å². The van der Waals surface area contributed by atoms with E-state index in [-0.39, 0.29) is 17.7 Å². The van der Waals surface area contributed by atoms with Gasteiger partial charge in [-0.2, -0.15) is 0 Å². The zero-order valence-electron chi connectivity index (χ0n) is 11.9. The van der Waals surface area contributed by atoms with Crippen LogP contribution in [0.4, 0.5) is 0 Å². The van der Waals surface area contributed by atoms with Crippen LogP contribution >= 0.6 is 0 Å². The van der Waals surface area contributed by atoms with Crippen LogP contribution in [0.5, 0.6) is 5.75 Å². The van der Waals surface area contributed by atoms with E-state index >= 15 is 0 Å². The number of ketones is 1. The second-order valence-electron chi connectivity index (χ2n) is 4.76. The monoisotopic (exact) mass is 249 g/mol. The van der Waals surface area contributed by atoms with Crippen LogP contribution in [-0.4, -0.2) is 26.0 Å². The molecular formula is C15H23NO2. The first kappa shape index (κ1) is 14.7. The van der Waals surface area contributed by atoms with Crippen LogP contribution in [0.25, 0.3) is 0 Å². The first-order valence-electron chi connectivity index (χ1n) is 6.43. The van der Waals surface area contributed by atoms with E-state index in [1.807, 2.05) is 39.1 Å². The average Bonchev–Trinajstić information content (AvgIpc) is 2.38. The van der Waals surface area contributed by atoms with E-state index < -0.39 is 0 Å². The van der Waals surface area contributed by atoms with Crippen molar-refractivity contribution in [1.29, 1.82) is 0 Å². The lowest BCUT2D eigenvalue weighted by Crippen LogP contribution is -2.38. The number of methoxy groups -OCH3 is 1. The second kappa shape index (κ2) is 6.55. The summed E-state index contributed by atoms with van der Waals surface area (Å²) < 4.78 is 5.29. The van der Waals surface area contributed by atoms with Gasteiger partial charge in [0.15, 0.2) is 5.78 Å². The fourth-order valence-corrected chi connectivity index (χ4v) is 2.10. The highest BCUT2D eigenvalue weighted by atomic mass is 16.5. The Morgan fingerprint density at radius 2 is 2.06 bits per heavy atom. The van der Waals surface area contributed by atoms with Crippen molar-refractivity contribution in [3.05, 3.63) is 29.3 Å². The molecule has 0 fully saturated rings. The summed E-state index contributed by atoms with van der Waals surface area (Å²) in [4.78, 5) is 12.5. The van der Waals surface area contributed by atoms with Gasteiger partial charge in [0.1, 0.15) is 5.75 Å². The van der Waals surface area contributed by atoms with Crippen LogP contribution < -0.4 is 10.1 Å². The minimum Gasteiger partial charge on any atom is -0.496 e. The third-order valence-electron chi connectivity index (χ3n) is 3.20. The third-order valence-corrected chi connectivity index (χ3v) is 3.20. The van der Waals surface area contributed by atoms with E-state index in [0.29, 0.717) is 11.3 Å². The average molecular weight is 249 g/mol. The SMILES string of the molecule is CCc1ccc(OC)c(C(=O)C(NC)C(C)C)c1. The van der Waals surface area contributed by atoms with Crippen LogP contribution in [-0.2, 0) is 6.42 Å². The molecule has 100 valence electrons. The van der Waals surface area contributed by atoms with Gasteiger partial charge in [0, 0.05) is 0 Å². The molecule has 3 heteroatoms. The summed E-state index contributed by atoms with van der Waals surface area (Å²) in [7, 11) is 3.42. The van der Waals surface area contributed by atoms with Gasteiger partial charge in [-0.3, -0.25) is 4.79 Å². The summed E-state index contributed by atoms with van der Waals surface area (Å²) >= 11 is 0. The van der Waals surface area contributed by atoms with Crippen molar-refractivity contribution in [3.63, 3.8) is 0 Å². The fourth-order valence-electron chi connectivity index (χ4n) is 2.10. The highest BCUT2D eigenvalue weighted by Gasteiger charge is 2.24. The highest BCUT2D eigenvalue weighted by Crippen LogP contribution is 2.23. The van der Waals surface area contributed by atoms with E-state index in [1.54, 1.807) is 7.11 Å². The summed E-state index contributed by atoms with van der Waals surface area (Å²) in [5, 5.41) is 3.08. The molecule has 0 bridgehead atoms. The van der Waals surface area contributed by atoms with E-state index in [9.17, 15) is 4.79 Å². The third kappa shape index (κ3) is 3.10. The van der Waals surface area contributed by atoms with Crippen molar-refractivity contribution in [3.8, 4) is 5.75 Å². The fraction of sp³-hybridized carbons (Fsp3) is 0.533.